The van der Waals surface area contributed by atoms with Crippen molar-refractivity contribution in [2.75, 3.05) is 33.3 Å². The summed E-state index contributed by atoms with van der Waals surface area (Å²) < 4.78 is 5.80. The third-order valence-corrected chi connectivity index (χ3v) is 5.66. The number of benzene rings is 2. The van der Waals surface area contributed by atoms with Gasteiger partial charge in [-0.05, 0) is 36.2 Å². The highest BCUT2D eigenvalue weighted by molar-refractivity contribution is 5.80. The number of likely N-dealkylation sites (tertiary alicyclic amines) is 1. The van der Waals surface area contributed by atoms with Crippen molar-refractivity contribution in [3.05, 3.63) is 72.4 Å². The normalized spacial score (nSPS) is 17.7. The second-order valence-corrected chi connectivity index (χ2v) is 7.78. The maximum Gasteiger partial charge on any atom is 0.260 e. The van der Waals surface area contributed by atoms with Gasteiger partial charge in [-0.2, -0.15) is 0 Å². The molecule has 0 bridgehead atoms. The standard InChI is InChI=1S/C24H27N3O3/c1-26(23(18-6-3-2-4-7-18)16-27-13-11-20(28)15-27)24(29)17-30-21-9-10-22-19(14-21)8-5-12-25-22/h2-10,12,14,20,23,28H,11,13,15-17H2,1H3/t20-,23+/m0/s1. The molecule has 3 aromatic rings. The molecular weight excluding hydrogens is 378 g/mol. The maximum atomic E-state index is 13.0. The van der Waals surface area contributed by atoms with Gasteiger partial charge in [-0.1, -0.05) is 36.4 Å². The fourth-order valence-corrected chi connectivity index (χ4v) is 3.91. The summed E-state index contributed by atoms with van der Waals surface area (Å²) in [6.07, 6.45) is 2.25. The highest BCUT2D eigenvalue weighted by Gasteiger charge is 2.28. The number of hydrogen-bond acceptors (Lipinski definition) is 5. The molecule has 2 aromatic carbocycles. The van der Waals surface area contributed by atoms with Gasteiger partial charge >= 0.3 is 0 Å². The lowest BCUT2D eigenvalue weighted by Crippen LogP contribution is -2.40. The number of nitrogens with zero attached hydrogens (tertiary/aromatic N) is 3. The van der Waals surface area contributed by atoms with Crippen LogP contribution in [0.15, 0.2) is 66.9 Å². The van der Waals surface area contributed by atoms with Crippen LogP contribution in [0.3, 0.4) is 0 Å². The molecule has 2 atom stereocenters. The Morgan fingerprint density at radius 2 is 2.07 bits per heavy atom. The van der Waals surface area contributed by atoms with Crippen LogP contribution in [0.5, 0.6) is 5.75 Å². The van der Waals surface area contributed by atoms with Gasteiger partial charge in [0.15, 0.2) is 6.61 Å². The fourth-order valence-electron chi connectivity index (χ4n) is 3.91. The van der Waals surface area contributed by atoms with E-state index in [4.69, 9.17) is 4.74 Å². The van der Waals surface area contributed by atoms with Gasteiger partial charge in [0.1, 0.15) is 5.75 Å². The van der Waals surface area contributed by atoms with Crippen LogP contribution in [0.1, 0.15) is 18.0 Å². The molecule has 4 rings (SSSR count). The Morgan fingerprint density at radius 1 is 1.23 bits per heavy atom. The Labute approximate surface area is 176 Å². The number of aromatic nitrogens is 1. The molecule has 0 unspecified atom stereocenters. The number of pyridine rings is 1. The summed E-state index contributed by atoms with van der Waals surface area (Å²) in [5.41, 5.74) is 1.97. The van der Waals surface area contributed by atoms with E-state index in [9.17, 15) is 9.90 Å². The molecule has 0 saturated carbocycles. The van der Waals surface area contributed by atoms with Gasteiger partial charge in [0.25, 0.3) is 5.91 Å². The predicted octanol–water partition coefficient (Wildman–Crippen LogP) is 2.88. The average molecular weight is 405 g/mol. The number of likely N-dealkylation sites (N-methyl/N-ethyl adjacent to an activating group) is 1. The molecule has 6 heteroatoms. The summed E-state index contributed by atoms with van der Waals surface area (Å²) in [5, 5.41) is 10.8. The van der Waals surface area contributed by atoms with E-state index in [1.54, 1.807) is 11.1 Å². The molecule has 1 fully saturated rings. The first-order valence-corrected chi connectivity index (χ1v) is 10.3. The van der Waals surface area contributed by atoms with Gasteiger partial charge in [0, 0.05) is 38.3 Å². The zero-order chi connectivity index (χ0) is 20.9. The van der Waals surface area contributed by atoms with E-state index in [1.165, 1.54) is 0 Å². The molecule has 0 aliphatic carbocycles. The van der Waals surface area contributed by atoms with Crippen molar-refractivity contribution in [1.29, 1.82) is 0 Å². The number of rotatable bonds is 7. The number of carbonyl (C=O) groups excluding carboxylic acids is 1. The number of hydrogen-bond donors (Lipinski definition) is 1. The Morgan fingerprint density at radius 3 is 2.83 bits per heavy atom. The van der Waals surface area contributed by atoms with Gasteiger partial charge in [-0.15, -0.1) is 0 Å². The second kappa shape index (κ2) is 9.24. The first-order chi connectivity index (χ1) is 14.6. The van der Waals surface area contributed by atoms with Crippen LogP contribution in [0.4, 0.5) is 0 Å². The molecular formula is C24H27N3O3. The van der Waals surface area contributed by atoms with Gasteiger partial charge in [-0.3, -0.25) is 14.7 Å². The van der Waals surface area contributed by atoms with Gasteiger partial charge in [-0.25, -0.2) is 0 Å². The van der Waals surface area contributed by atoms with Crippen LogP contribution in [0, 0.1) is 0 Å². The van der Waals surface area contributed by atoms with Crippen molar-refractivity contribution >= 4 is 16.8 Å². The molecule has 30 heavy (non-hydrogen) atoms. The summed E-state index contributed by atoms with van der Waals surface area (Å²) in [4.78, 5) is 21.2. The molecule has 1 aliphatic heterocycles. The zero-order valence-corrected chi connectivity index (χ0v) is 17.1. The quantitative estimate of drug-likeness (QED) is 0.655. The number of aliphatic hydroxyl groups is 1. The van der Waals surface area contributed by atoms with Crippen LogP contribution in [0.25, 0.3) is 10.9 Å². The third-order valence-electron chi connectivity index (χ3n) is 5.66. The minimum Gasteiger partial charge on any atom is -0.484 e. The summed E-state index contributed by atoms with van der Waals surface area (Å²) in [6, 6.07) is 19.4. The molecule has 1 N–H and O–H groups in total. The van der Waals surface area contributed by atoms with E-state index in [0.717, 1.165) is 29.4 Å². The van der Waals surface area contributed by atoms with Crippen molar-refractivity contribution in [2.45, 2.75) is 18.6 Å². The molecule has 6 nitrogen and oxygen atoms in total. The lowest BCUT2D eigenvalue weighted by Gasteiger charge is -2.32. The number of carbonyl (C=O) groups is 1. The molecule has 1 amide bonds. The van der Waals surface area contributed by atoms with Crippen LogP contribution in [-0.2, 0) is 4.79 Å². The van der Waals surface area contributed by atoms with Crippen LogP contribution in [-0.4, -0.2) is 65.2 Å². The van der Waals surface area contributed by atoms with Gasteiger partial charge < -0.3 is 14.7 Å². The topological polar surface area (TPSA) is 65.9 Å². The van der Waals surface area contributed by atoms with Crippen molar-refractivity contribution in [3.8, 4) is 5.75 Å². The van der Waals surface area contributed by atoms with Crippen molar-refractivity contribution < 1.29 is 14.6 Å². The third kappa shape index (κ3) is 4.78. The average Bonchev–Trinajstić information content (AvgIpc) is 3.20. The Kier molecular flexibility index (Phi) is 6.26. The summed E-state index contributed by atoms with van der Waals surface area (Å²) >= 11 is 0. The van der Waals surface area contributed by atoms with Crippen LogP contribution < -0.4 is 4.74 Å². The fraction of sp³-hybridized carbons (Fsp3) is 0.333. The second-order valence-electron chi connectivity index (χ2n) is 7.78. The van der Waals surface area contributed by atoms with Crippen molar-refractivity contribution in [3.63, 3.8) is 0 Å². The smallest absolute Gasteiger partial charge is 0.260 e. The van der Waals surface area contributed by atoms with Gasteiger partial charge in [0.2, 0.25) is 0 Å². The molecule has 0 radical (unpaired) electrons. The van der Waals surface area contributed by atoms with Crippen LogP contribution >= 0.6 is 0 Å². The van der Waals surface area contributed by atoms with E-state index in [-0.39, 0.29) is 24.7 Å². The first-order valence-electron chi connectivity index (χ1n) is 10.3. The van der Waals surface area contributed by atoms with E-state index < -0.39 is 0 Å². The van der Waals surface area contributed by atoms with Gasteiger partial charge in [0.05, 0.1) is 17.7 Å². The Balaban J connectivity index is 1.44. The monoisotopic (exact) mass is 405 g/mol. The van der Waals surface area contributed by atoms with E-state index in [2.05, 4.69) is 9.88 Å². The van der Waals surface area contributed by atoms with E-state index in [0.29, 0.717) is 18.8 Å². The largest absolute Gasteiger partial charge is 0.484 e. The highest BCUT2D eigenvalue weighted by Crippen LogP contribution is 2.24. The lowest BCUT2D eigenvalue weighted by molar-refractivity contribution is -0.134. The minimum absolute atomic E-state index is 0.0335. The highest BCUT2D eigenvalue weighted by atomic mass is 16.5. The summed E-state index contributed by atoms with van der Waals surface area (Å²) in [6.45, 7) is 2.14. The summed E-state index contributed by atoms with van der Waals surface area (Å²) in [5.74, 6) is 0.561. The SMILES string of the molecule is CN(C(=O)COc1ccc2ncccc2c1)[C@H](CN1CC[C@H](O)C1)c1ccccc1. The van der Waals surface area contributed by atoms with Crippen LogP contribution in [0.2, 0.25) is 0 Å². The van der Waals surface area contributed by atoms with Crippen molar-refractivity contribution in [1.82, 2.24) is 14.8 Å². The molecule has 0 spiro atoms. The zero-order valence-electron chi connectivity index (χ0n) is 17.1. The lowest BCUT2D eigenvalue weighted by atomic mass is 10.0. The molecule has 1 saturated heterocycles. The van der Waals surface area contributed by atoms with Crippen molar-refractivity contribution in [2.24, 2.45) is 0 Å². The van der Waals surface area contributed by atoms with E-state index >= 15 is 0 Å². The molecule has 1 aromatic heterocycles. The predicted molar refractivity (Wildman–Crippen MR) is 116 cm³/mol. The van der Waals surface area contributed by atoms with E-state index in [1.807, 2.05) is 67.7 Å². The first kappa shape index (κ1) is 20.3. The minimum atomic E-state index is -0.284. The number of aliphatic hydroxyl groups excluding tert-OH is 1. The number of fused-ring (bicyclic) bond motifs is 1. The number of amides is 1. The Hall–Kier alpha value is -2.96. The Bertz CT molecular complexity index is 995. The number of β-amino-alcohol motifs (C(OH)–C–C–N with tert-alkyl or cyclic N) is 1. The molecule has 1 aliphatic rings. The maximum absolute atomic E-state index is 13.0. The summed E-state index contributed by atoms with van der Waals surface area (Å²) in [7, 11) is 1.82. The molecule has 156 valence electrons. The number of ether oxygens (including phenoxy) is 1. The molecule has 2 heterocycles.